The van der Waals surface area contributed by atoms with Crippen LogP contribution in [0.2, 0.25) is 0 Å². The average Bonchev–Trinajstić information content (AvgIpc) is 1.80. The maximum atomic E-state index is 9.82. The van der Waals surface area contributed by atoms with Crippen LogP contribution in [0.1, 0.15) is 28.3 Å². The van der Waals surface area contributed by atoms with Gasteiger partial charge in [0.2, 0.25) is 0 Å². The second-order valence-corrected chi connectivity index (χ2v) is 23.5. The molecule has 1 N–H and O–H groups in total. The molecule has 0 aliphatic carbocycles. The van der Waals surface area contributed by atoms with E-state index in [9.17, 15) is 5.26 Å². The summed E-state index contributed by atoms with van der Waals surface area (Å²) in [4.78, 5) is 5.41. The molecule has 17 aromatic rings. The van der Waals surface area contributed by atoms with E-state index < -0.39 is 0 Å². The minimum atomic E-state index is -0.255. The van der Waals surface area contributed by atoms with E-state index in [4.69, 9.17) is 4.99 Å². The number of benzene rings is 13. The van der Waals surface area contributed by atoms with Gasteiger partial charge < -0.3 is 23.6 Å². The molecular formula is C83H53N7. The average molecular weight is 1150 g/mol. The third kappa shape index (κ3) is 8.16. The number of para-hydroxylation sites is 6. The molecule has 13 aromatic carbocycles. The van der Waals surface area contributed by atoms with Crippen LogP contribution in [0.15, 0.2) is 314 Å². The van der Waals surface area contributed by atoms with E-state index in [2.05, 4.69) is 315 Å². The first-order valence-electron chi connectivity index (χ1n) is 30.6. The molecule has 1 unspecified atom stereocenters. The van der Waals surface area contributed by atoms with Crippen molar-refractivity contribution in [2.75, 3.05) is 0 Å². The lowest BCUT2D eigenvalue weighted by Crippen LogP contribution is -2.31. The summed E-state index contributed by atoms with van der Waals surface area (Å²) >= 11 is 0. The zero-order valence-electron chi connectivity index (χ0n) is 48.7. The number of amidine groups is 1. The molecule has 0 spiro atoms. The van der Waals surface area contributed by atoms with Crippen molar-refractivity contribution in [1.82, 2.24) is 23.6 Å². The van der Waals surface area contributed by atoms with Crippen LogP contribution in [0.25, 0.3) is 138 Å². The maximum Gasteiger partial charge on any atom is 0.134 e. The van der Waals surface area contributed by atoms with Gasteiger partial charge in [-0.25, -0.2) is 4.99 Å². The fourth-order valence-corrected chi connectivity index (χ4v) is 14.3. The zero-order valence-corrected chi connectivity index (χ0v) is 48.7. The quantitative estimate of drug-likeness (QED) is 0.156. The standard InChI is InChI=1S/C83H53N7/c84-52-53-33-35-54(36-34-53)83-85-73(59-17-15-23-63(45-59)89-77-31-13-9-27-67(77)71-49-57(39-43-81(71)89)55-37-41-79-69(47-55)65-25-7-11-29-75(65)87(79)61-19-3-1-4-20-61)51-74(86-83)60-18-16-24-64(46-60)90-78-32-14-10-28-68(78)72-50-58(40-44-82(72)90)56-38-42-80-70(48-56)66-26-8-12-30-76(66)88(80)62-21-5-2-6-22-62/h1-51,73H,(H,85,86). The van der Waals surface area contributed by atoms with Crippen LogP contribution in [-0.2, 0) is 0 Å². The maximum absolute atomic E-state index is 9.82. The first-order valence-corrected chi connectivity index (χ1v) is 30.6. The molecular weight excluding hydrogens is 1090 g/mol. The van der Waals surface area contributed by atoms with Crippen molar-refractivity contribution in [1.29, 1.82) is 5.26 Å². The molecule has 90 heavy (non-hydrogen) atoms. The van der Waals surface area contributed by atoms with Crippen molar-refractivity contribution in [2.45, 2.75) is 6.04 Å². The van der Waals surface area contributed by atoms with Crippen molar-refractivity contribution in [2.24, 2.45) is 4.99 Å². The van der Waals surface area contributed by atoms with Crippen LogP contribution in [0.4, 0.5) is 0 Å². The summed E-state index contributed by atoms with van der Waals surface area (Å²) in [6, 6.07) is 111. The summed E-state index contributed by atoms with van der Waals surface area (Å²) in [5.74, 6) is 0.734. The second kappa shape index (κ2) is 20.5. The van der Waals surface area contributed by atoms with E-state index in [1.165, 1.54) is 87.4 Å². The second-order valence-electron chi connectivity index (χ2n) is 23.5. The Hall–Kier alpha value is -12.2. The number of nitriles is 1. The number of nitrogens with zero attached hydrogens (tertiary/aromatic N) is 6. The Bertz CT molecular complexity index is 5890. The van der Waals surface area contributed by atoms with Crippen LogP contribution in [0.5, 0.6) is 0 Å². The van der Waals surface area contributed by atoms with Crippen LogP contribution in [0.3, 0.4) is 0 Å². The van der Waals surface area contributed by atoms with Gasteiger partial charge in [-0.15, -0.1) is 0 Å². The highest BCUT2D eigenvalue weighted by molar-refractivity contribution is 6.15. The van der Waals surface area contributed by atoms with Crippen LogP contribution in [-0.4, -0.2) is 24.1 Å². The molecule has 1 aliphatic heterocycles. The van der Waals surface area contributed by atoms with Gasteiger partial charge in [0.05, 0.1) is 67.5 Å². The number of fused-ring (bicyclic) bond motifs is 12. The molecule has 0 fully saturated rings. The topological polar surface area (TPSA) is 67.9 Å². The zero-order chi connectivity index (χ0) is 59.4. The van der Waals surface area contributed by atoms with Crippen LogP contribution >= 0.6 is 0 Å². The lowest BCUT2D eigenvalue weighted by molar-refractivity contribution is 0.780. The van der Waals surface area contributed by atoms with Gasteiger partial charge in [0.15, 0.2) is 0 Å². The summed E-state index contributed by atoms with van der Waals surface area (Å²) in [6.45, 7) is 0. The van der Waals surface area contributed by atoms with Crippen molar-refractivity contribution in [3.8, 4) is 51.1 Å². The number of rotatable bonds is 9. The highest BCUT2D eigenvalue weighted by Crippen LogP contribution is 2.42. The highest BCUT2D eigenvalue weighted by atomic mass is 15.1. The summed E-state index contributed by atoms with van der Waals surface area (Å²) in [5.41, 5.74) is 22.8. The fourth-order valence-electron chi connectivity index (χ4n) is 14.3. The molecule has 0 bridgehead atoms. The molecule has 18 rings (SSSR count). The van der Waals surface area contributed by atoms with Crippen LogP contribution < -0.4 is 5.32 Å². The first kappa shape index (κ1) is 51.0. The largest absolute Gasteiger partial charge is 0.359 e. The smallest absolute Gasteiger partial charge is 0.134 e. The van der Waals surface area contributed by atoms with Crippen molar-refractivity contribution in [3.63, 3.8) is 0 Å². The molecule has 5 heterocycles. The number of hydrogen-bond donors (Lipinski definition) is 1. The Morgan fingerprint density at radius 3 is 1.08 bits per heavy atom. The van der Waals surface area contributed by atoms with E-state index in [1.54, 1.807) is 0 Å². The molecule has 7 heteroatoms. The van der Waals surface area contributed by atoms with E-state index in [0.29, 0.717) is 5.56 Å². The Morgan fingerprint density at radius 2 is 0.644 bits per heavy atom. The van der Waals surface area contributed by atoms with Crippen LogP contribution in [0, 0.1) is 11.3 Å². The summed E-state index contributed by atoms with van der Waals surface area (Å²) in [6.07, 6.45) is 2.25. The van der Waals surface area contributed by atoms with Gasteiger partial charge in [-0.2, -0.15) is 5.26 Å². The Balaban J connectivity index is 0.720. The molecule has 0 amide bonds. The van der Waals surface area contributed by atoms with E-state index >= 15 is 0 Å². The van der Waals surface area contributed by atoms with Gasteiger partial charge in [0, 0.05) is 77.0 Å². The predicted octanol–water partition coefficient (Wildman–Crippen LogP) is 20.4. The molecule has 1 aliphatic rings. The van der Waals surface area contributed by atoms with Gasteiger partial charge in [-0.05, 0) is 179 Å². The Morgan fingerprint density at radius 1 is 0.289 bits per heavy atom. The van der Waals surface area contributed by atoms with Gasteiger partial charge in [0.25, 0.3) is 0 Å². The number of aromatic nitrogens is 4. The lowest BCUT2D eigenvalue weighted by atomic mass is 9.99. The van der Waals surface area contributed by atoms with Gasteiger partial charge in [0.1, 0.15) is 5.84 Å². The SMILES string of the molecule is N#Cc1ccc(C2=NC(c3cccc(-n4c5ccccc5c5cc(-c6ccc7c(c6)c6ccccc6n7-c6ccccc6)ccc54)c3)=CC(c3cccc(-n4c5ccccc5c5cc(-c6ccc7c(c6)c6ccccc6n7-c6ccccc6)ccc54)c3)N2)cc1. The van der Waals surface area contributed by atoms with Gasteiger partial charge >= 0.3 is 0 Å². The van der Waals surface area contributed by atoms with E-state index in [-0.39, 0.29) is 6.04 Å². The molecule has 0 radical (unpaired) electrons. The predicted molar refractivity (Wildman–Crippen MR) is 373 cm³/mol. The fraction of sp³-hybridized carbons (Fsp3) is 0.0120. The van der Waals surface area contributed by atoms with Crippen molar-refractivity contribution < 1.29 is 0 Å². The number of hydrogen-bond acceptors (Lipinski definition) is 3. The van der Waals surface area contributed by atoms with Gasteiger partial charge in [-0.3, -0.25) is 0 Å². The third-order valence-electron chi connectivity index (χ3n) is 18.4. The Kier molecular flexibility index (Phi) is 11.6. The minimum Gasteiger partial charge on any atom is -0.359 e. The lowest BCUT2D eigenvalue weighted by Gasteiger charge is -2.25. The van der Waals surface area contributed by atoms with E-state index in [1.807, 2.05) is 24.3 Å². The van der Waals surface area contributed by atoms with Crippen molar-refractivity contribution in [3.05, 3.63) is 332 Å². The minimum absolute atomic E-state index is 0.255. The third-order valence-corrected chi connectivity index (χ3v) is 18.4. The first-order chi connectivity index (χ1) is 44.6. The van der Waals surface area contributed by atoms with Gasteiger partial charge in [-0.1, -0.05) is 158 Å². The monoisotopic (exact) mass is 1150 g/mol. The summed E-state index contributed by atoms with van der Waals surface area (Å²) in [5, 5.41) is 23.3. The molecule has 0 saturated heterocycles. The molecule has 7 nitrogen and oxygen atoms in total. The molecule has 1 atom stereocenters. The summed E-state index contributed by atoms with van der Waals surface area (Å²) in [7, 11) is 0. The Labute approximate surface area is 518 Å². The number of aliphatic imine (C=N–C) groups is 1. The van der Waals surface area contributed by atoms with E-state index in [0.717, 1.165) is 73.0 Å². The number of nitrogens with one attached hydrogen (secondary N) is 1. The summed E-state index contributed by atoms with van der Waals surface area (Å²) < 4.78 is 9.53. The van der Waals surface area contributed by atoms with Crippen molar-refractivity contribution >= 4 is 98.8 Å². The molecule has 0 saturated carbocycles. The highest BCUT2D eigenvalue weighted by Gasteiger charge is 2.24. The molecule has 420 valence electrons. The normalized spacial score (nSPS) is 13.4. The molecule has 4 aromatic heterocycles.